The van der Waals surface area contributed by atoms with E-state index in [0.29, 0.717) is 24.7 Å². The summed E-state index contributed by atoms with van der Waals surface area (Å²) < 4.78 is 8.65. The van der Waals surface area contributed by atoms with E-state index in [1.165, 1.54) is 0 Å². The number of rotatable bonds is 22. The molecule has 0 spiro atoms. The number of imidazole rings is 4. The van der Waals surface area contributed by atoms with E-state index in [1.54, 1.807) is 12.4 Å². The number of hydrogen-bond acceptors (Lipinski definition) is 6. The maximum Gasteiger partial charge on any atom is 0.224 e. The topological polar surface area (TPSA) is 129 Å². The van der Waals surface area contributed by atoms with Gasteiger partial charge in [-0.05, 0) is 62.2 Å². The number of hydrogen-bond donors (Lipinski definition) is 2. The van der Waals surface area contributed by atoms with Gasteiger partial charge < -0.3 is 28.9 Å². The van der Waals surface area contributed by atoms with E-state index in [4.69, 9.17) is 0 Å². The van der Waals surface area contributed by atoms with Crippen molar-refractivity contribution in [3.63, 3.8) is 0 Å². The lowest BCUT2D eigenvalue weighted by Crippen LogP contribution is -2.44. The third-order valence-electron chi connectivity index (χ3n) is 10.2. The molecule has 0 saturated carbocycles. The van der Waals surface area contributed by atoms with Crippen LogP contribution in [0.25, 0.3) is 0 Å². The average Bonchev–Trinajstić information content (AvgIpc) is 3.91. The van der Waals surface area contributed by atoms with Gasteiger partial charge in [-0.3, -0.25) is 9.59 Å². The molecule has 4 aromatic heterocycles. The van der Waals surface area contributed by atoms with Crippen LogP contribution in [0.4, 0.5) is 0 Å². The summed E-state index contributed by atoms with van der Waals surface area (Å²) in [4.78, 5) is 44.9. The average molecular weight is 703 g/mol. The van der Waals surface area contributed by atoms with Gasteiger partial charge in [0.2, 0.25) is 11.8 Å². The second-order valence-corrected chi connectivity index (χ2v) is 15.8. The number of carbonyl (C=O) groups excluding carboxylic acids is 2. The first-order valence-electron chi connectivity index (χ1n) is 18.9. The molecular formula is C39H62N10O2. The lowest BCUT2D eigenvalue weighted by Gasteiger charge is -2.31. The van der Waals surface area contributed by atoms with Crippen LogP contribution in [0, 0.1) is 35.5 Å². The van der Waals surface area contributed by atoms with Crippen molar-refractivity contribution in [2.75, 3.05) is 6.67 Å². The van der Waals surface area contributed by atoms with E-state index >= 15 is 0 Å². The van der Waals surface area contributed by atoms with E-state index in [9.17, 15) is 9.59 Å². The van der Waals surface area contributed by atoms with Crippen molar-refractivity contribution in [2.45, 2.75) is 118 Å². The van der Waals surface area contributed by atoms with E-state index in [-0.39, 0.29) is 66.3 Å². The zero-order chi connectivity index (χ0) is 36.9. The number of aromatic nitrogens is 8. The Kier molecular flexibility index (Phi) is 15.1. The van der Waals surface area contributed by atoms with Crippen LogP contribution in [0.3, 0.4) is 0 Å². The quantitative estimate of drug-likeness (QED) is 0.0839. The Balaban J connectivity index is 1.41. The van der Waals surface area contributed by atoms with Gasteiger partial charge in [0.25, 0.3) is 0 Å². The van der Waals surface area contributed by atoms with Gasteiger partial charge >= 0.3 is 0 Å². The van der Waals surface area contributed by atoms with E-state index in [2.05, 4.69) is 104 Å². The number of amides is 2. The third kappa shape index (κ3) is 11.9. The fourth-order valence-corrected chi connectivity index (χ4v) is 7.45. The summed E-state index contributed by atoms with van der Waals surface area (Å²) in [6, 6.07) is 0.627. The van der Waals surface area contributed by atoms with Crippen molar-refractivity contribution >= 4 is 11.8 Å². The van der Waals surface area contributed by atoms with Gasteiger partial charge in [-0.15, -0.1) is 0 Å². The predicted molar refractivity (Wildman–Crippen MR) is 200 cm³/mol. The highest BCUT2D eigenvalue weighted by molar-refractivity contribution is 5.81. The fourth-order valence-electron chi connectivity index (χ4n) is 7.45. The SMILES string of the molecule is CC(C)CC(CC(CC(C(=O)NCNC(=O)C(CC(CC(CC(C)C)n1ccnc1)n1ccnc1)C(C)C)C(C)C)n1ccnc1)n1ccnc1. The zero-order valence-corrected chi connectivity index (χ0v) is 32.0. The maximum absolute atomic E-state index is 13.8. The molecule has 12 heteroatoms. The number of nitrogens with zero attached hydrogens (tertiary/aromatic N) is 8. The standard InChI is InChI=1S/C39H62N10O2/c1-28(2)17-32(46-13-9-40-24-46)19-34(48-15-11-42-26-48)21-36(30(5)6)38(50)44-23-45-39(51)37(31(7)8)22-35(49-16-12-43-27-49)20-33(18-29(3)4)47-14-10-41-25-47/h9-16,24-37H,17-23H2,1-8H3,(H,44,50)(H,45,51). The van der Waals surface area contributed by atoms with Gasteiger partial charge in [-0.1, -0.05) is 55.4 Å². The number of carbonyl (C=O) groups is 2. The van der Waals surface area contributed by atoms with Crippen molar-refractivity contribution in [1.82, 2.24) is 48.8 Å². The largest absolute Gasteiger partial charge is 0.338 e. The van der Waals surface area contributed by atoms with Gasteiger partial charge in [0.1, 0.15) is 0 Å². The Morgan fingerprint density at radius 3 is 1.00 bits per heavy atom. The molecule has 0 saturated heterocycles. The monoisotopic (exact) mass is 703 g/mol. The summed E-state index contributed by atoms with van der Waals surface area (Å²) in [5.74, 6) is 0.650. The molecule has 2 N–H and O–H groups in total. The highest BCUT2D eigenvalue weighted by atomic mass is 16.2. The van der Waals surface area contributed by atoms with Crippen molar-refractivity contribution in [3.05, 3.63) is 74.9 Å². The Labute approximate surface area is 304 Å². The molecule has 0 aromatic carbocycles. The van der Waals surface area contributed by atoms with Crippen LogP contribution >= 0.6 is 0 Å². The lowest BCUT2D eigenvalue weighted by atomic mass is 9.85. The maximum atomic E-state index is 13.8. The molecule has 0 radical (unpaired) electrons. The van der Waals surface area contributed by atoms with Gasteiger partial charge in [0.15, 0.2) is 0 Å². The highest BCUT2D eigenvalue weighted by Crippen LogP contribution is 2.35. The summed E-state index contributed by atoms with van der Waals surface area (Å²) in [5, 5.41) is 6.14. The highest BCUT2D eigenvalue weighted by Gasteiger charge is 2.31. The van der Waals surface area contributed by atoms with Gasteiger partial charge in [0, 0.05) is 85.6 Å². The molecule has 12 nitrogen and oxygen atoms in total. The second-order valence-electron chi connectivity index (χ2n) is 15.8. The summed E-state index contributed by atoms with van der Waals surface area (Å²) in [5.41, 5.74) is 0. The van der Waals surface area contributed by atoms with Crippen LogP contribution in [0.1, 0.15) is 118 Å². The second kappa shape index (κ2) is 19.4. The summed E-state index contributed by atoms with van der Waals surface area (Å²) >= 11 is 0. The normalized spacial score (nSPS) is 15.6. The minimum absolute atomic E-state index is 0.0484. The van der Waals surface area contributed by atoms with E-state index in [1.807, 2.05) is 62.5 Å². The molecule has 2 amide bonds. The molecular weight excluding hydrogens is 640 g/mol. The van der Waals surface area contributed by atoms with Crippen LogP contribution in [0.15, 0.2) is 74.9 Å². The van der Waals surface area contributed by atoms with Crippen LogP contribution < -0.4 is 10.6 Å². The first-order chi connectivity index (χ1) is 24.4. The van der Waals surface area contributed by atoms with Crippen LogP contribution in [0.2, 0.25) is 0 Å². The third-order valence-corrected chi connectivity index (χ3v) is 10.2. The molecule has 0 aliphatic carbocycles. The summed E-state index contributed by atoms with van der Waals surface area (Å²) in [6.07, 6.45) is 27.8. The molecule has 6 unspecified atom stereocenters. The number of nitrogens with one attached hydrogen (secondary N) is 2. The van der Waals surface area contributed by atoms with Crippen LogP contribution in [-0.2, 0) is 9.59 Å². The summed E-state index contributed by atoms with van der Waals surface area (Å²) in [7, 11) is 0. The molecule has 4 rings (SSSR count). The first-order valence-corrected chi connectivity index (χ1v) is 18.9. The Bertz CT molecular complexity index is 1400. The molecule has 0 aliphatic rings. The van der Waals surface area contributed by atoms with Crippen LogP contribution in [-0.4, -0.2) is 56.7 Å². The fraction of sp³-hybridized carbons (Fsp3) is 0.641. The van der Waals surface area contributed by atoms with Crippen molar-refractivity contribution in [3.8, 4) is 0 Å². The summed E-state index contributed by atoms with van der Waals surface area (Å²) in [6.45, 7) is 17.4. The van der Waals surface area contributed by atoms with Gasteiger partial charge in [-0.2, -0.15) is 0 Å². The zero-order valence-electron chi connectivity index (χ0n) is 32.0. The van der Waals surface area contributed by atoms with E-state index in [0.717, 1.165) is 25.7 Å². The Morgan fingerprint density at radius 1 is 0.471 bits per heavy atom. The Morgan fingerprint density at radius 2 is 0.765 bits per heavy atom. The van der Waals surface area contributed by atoms with Crippen LogP contribution in [0.5, 0.6) is 0 Å². The van der Waals surface area contributed by atoms with Gasteiger partial charge in [-0.25, -0.2) is 19.9 Å². The molecule has 51 heavy (non-hydrogen) atoms. The molecule has 4 heterocycles. The minimum atomic E-state index is -0.246. The molecule has 280 valence electrons. The lowest BCUT2D eigenvalue weighted by molar-refractivity contribution is -0.129. The molecule has 6 atom stereocenters. The van der Waals surface area contributed by atoms with Gasteiger partial charge in [0.05, 0.1) is 32.0 Å². The minimum Gasteiger partial charge on any atom is -0.338 e. The molecule has 4 aromatic rings. The van der Waals surface area contributed by atoms with Crippen molar-refractivity contribution < 1.29 is 9.59 Å². The van der Waals surface area contributed by atoms with Crippen molar-refractivity contribution in [2.24, 2.45) is 35.5 Å². The molecule has 0 bridgehead atoms. The first kappa shape index (κ1) is 39.6. The molecule has 0 fully saturated rings. The van der Waals surface area contributed by atoms with E-state index < -0.39 is 0 Å². The Hall–Kier alpha value is -4.22. The predicted octanol–water partition coefficient (Wildman–Crippen LogP) is 7.12. The molecule has 0 aliphatic heterocycles. The van der Waals surface area contributed by atoms with Crippen molar-refractivity contribution in [1.29, 1.82) is 0 Å². The smallest absolute Gasteiger partial charge is 0.224 e.